The number of thiophene rings is 1. The van der Waals surface area contributed by atoms with E-state index in [1.54, 1.807) is 23.5 Å². The molecule has 0 saturated heterocycles. The summed E-state index contributed by atoms with van der Waals surface area (Å²) in [6.07, 6.45) is 3.50. The van der Waals surface area contributed by atoms with Crippen molar-refractivity contribution in [3.8, 4) is 27.6 Å². The van der Waals surface area contributed by atoms with E-state index in [2.05, 4.69) is 10.3 Å². The zero-order chi connectivity index (χ0) is 24.5. The molecule has 36 heavy (non-hydrogen) atoms. The van der Waals surface area contributed by atoms with Crippen molar-refractivity contribution in [1.29, 1.82) is 0 Å². The number of nitrogens with zero attached hydrogens (tertiary/aromatic N) is 3. The van der Waals surface area contributed by atoms with Gasteiger partial charge in [0.2, 0.25) is 5.95 Å². The number of rotatable bonds is 5. The Bertz CT molecular complexity index is 1590. The van der Waals surface area contributed by atoms with E-state index in [4.69, 9.17) is 10.1 Å². The number of fused-ring (bicyclic) bond motifs is 1. The molecule has 0 radical (unpaired) electrons. The predicted octanol–water partition coefficient (Wildman–Crippen LogP) is 5.48. The van der Waals surface area contributed by atoms with E-state index >= 15 is 0 Å². The van der Waals surface area contributed by atoms with E-state index in [0.29, 0.717) is 23.0 Å². The predicted molar refractivity (Wildman–Crippen MR) is 142 cm³/mol. The van der Waals surface area contributed by atoms with E-state index in [9.17, 15) is 9.59 Å². The Morgan fingerprint density at radius 1 is 0.944 bits per heavy atom. The Balaban J connectivity index is 1.35. The summed E-state index contributed by atoms with van der Waals surface area (Å²) in [6, 6.07) is 23.2. The van der Waals surface area contributed by atoms with Crippen LogP contribution in [0.1, 0.15) is 34.5 Å². The highest BCUT2D eigenvalue weighted by atomic mass is 32.1. The van der Waals surface area contributed by atoms with Crippen molar-refractivity contribution >= 4 is 23.1 Å². The first-order valence-electron chi connectivity index (χ1n) is 11.9. The summed E-state index contributed by atoms with van der Waals surface area (Å²) in [5, 5.41) is 9.64. The lowest BCUT2D eigenvalue weighted by Gasteiger charge is -2.15. The van der Waals surface area contributed by atoms with Crippen LogP contribution in [-0.2, 0) is 12.8 Å². The van der Waals surface area contributed by atoms with Crippen molar-refractivity contribution in [3.63, 3.8) is 0 Å². The van der Waals surface area contributed by atoms with Gasteiger partial charge in [-0.3, -0.25) is 14.6 Å². The molecule has 8 heteroatoms. The molecule has 5 aromatic rings. The molecule has 1 aliphatic carbocycles. The molecular formula is C28H23N5O2S. The maximum atomic E-state index is 13.2. The SMILES string of the molecule is O=C(Nc1cc(-c2cccs2)nn1-c1nc2c(c(=O)[nH]1)CCCC2)c1ccc(-c2ccccc2)cc1. The Morgan fingerprint density at radius 3 is 2.50 bits per heavy atom. The third-order valence-electron chi connectivity index (χ3n) is 6.36. The van der Waals surface area contributed by atoms with Crippen LogP contribution in [0, 0.1) is 0 Å². The second-order valence-electron chi connectivity index (χ2n) is 8.72. The summed E-state index contributed by atoms with van der Waals surface area (Å²) in [6.45, 7) is 0. The normalized spacial score (nSPS) is 12.8. The van der Waals surface area contributed by atoms with Gasteiger partial charge in [-0.1, -0.05) is 48.5 Å². The Hall–Kier alpha value is -4.30. The first-order valence-corrected chi connectivity index (χ1v) is 12.8. The first kappa shape index (κ1) is 22.2. The standard InChI is InChI=1S/C28H23N5O2S/c34-26(20-14-12-19(13-15-20)18-7-2-1-3-8-18)30-25-17-23(24-11-6-16-36-24)32-33(25)28-29-22-10-5-4-9-21(22)27(35)31-28/h1-3,6-8,11-17H,4-5,9-10H2,(H,30,34)(H,29,31,35). The van der Waals surface area contributed by atoms with Gasteiger partial charge in [0.05, 0.1) is 10.6 Å². The number of carbonyl (C=O) groups excluding carboxylic acids is 1. The highest BCUT2D eigenvalue weighted by Gasteiger charge is 2.20. The lowest BCUT2D eigenvalue weighted by molar-refractivity contribution is 0.102. The molecule has 0 saturated carbocycles. The summed E-state index contributed by atoms with van der Waals surface area (Å²) in [7, 11) is 0. The molecular weight excluding hydrogens is 470 g/mol. The fourth-order valence-electron chi connectivity index (χ4n) is 4.50. The van der Waals surface area contributed by atoms with Gasteiger partial charge in [0.1, 0.15) is 11.5 Å². The van der Waals surface area contributed by atoms with Crippen LogP contribution in [-0.4, -0.2) is 25.7 Å². The van der Waals surface area contributed by atoms with Crippen LogP contribution in [0.4, 0.5) is 5.82 Å². The Morgan fingerprint density at radius 2 is 1.72 bits per heavy atom. The second kappa shape index (κ2) is 9.39. The average Bonchev–Trinajstić information content (AvgIpc) is 3.60. The van der Waals surface area contributed by atoms with Gasteiger partial charge >= 0.3 is 0 Å². The highest BCUT2D eigenvalue weighted by Crippen LogP contribution is 2.28. The molecule has 7 nitrogen and oxygen atoms in total. The van der Waals surface area contributed by atoms with Gasteiger partial charge in [0.25, 0.3) is 11.5 Å². The summed E-state index contributed by atoms with van der Waals surface area (Å²) in [5.74, 6) is 0.474. The Kier molecular flexibility index (Phi) is 5.79. The molecule has 0 spiro atoms. The summed E-state index contributed by atoms with van der Waals surface area (Å²) < 4.78 is 1.52. The molecule has 0 unspecified atom stereocenters. The Labute approximate surface area is 211 Å². The molecule has 1 aliphatic rings. The lowest BCUT2D eigenvalue weighted by Crippen LogP contribution is -2.24. The number of aromatic amines is 1. The molecule has 2 N–H and O–H groups in total. The van der Waals surface area contributed by atoms with E-state index in [0.717, 1.165) is 52.9 Å². The van der Waals surface area contributed by atoms with Gasteiger partial charge in [0.15, 0.2) is 0 Å². The van der Waals surface area contributed by atoms with Crippen molar-refractivity contribution < 1.29 is 4.79 Å². The minimum Gasteiger partial charge on any atom is -0.306 e. The number of carbonyl (C=O) groups is 1. The molecule has 3 heterocycles. The fourth-order valence-corrected chi connectivity index (χ4v) is 5.18. The molecule has 2 aromatic carbocycles. The van der Waals surface area contributed by atoms with Gasteiger partial charge in [0, 0.05) is 17.2 Å². The van der Waals surface area contributed by atoms with E-state index in [-0.39, 0.29) is 11.5 Å². The quantitative estimate of drug-likeness (QED) is 0.339. The number of amides is 1. The lowest BCUT2D eigenvalue weighted by atomic mass is 9.97. The third-order valence-corrected chi connectivity index (χ3v) is 7.25. The molecule has 0 atom stereocenters. The second-order valence-corrected chi connectivity index (χ2v) is 9.67. The van der Waals surface area contributed by atoms with Gasteiger partial charge in [-0.15, -0.1) is 11.3 Å². The van der Waals surface area contributed by atoms with Crippen LogP contribution >= 0.6 is 11.3 Å². The molecule has 6 rings (SSSR count). The summed E-state index contributed by atoms with van der Waals surface area (Å²) in [4.78, 5) is 34.5. The third kappa shape index (κ3) is 4.27. The van der Waals surface area contributed by atoms with Gasteiger partial charge in [-0.25, -0.2) is 4.98 Å². The topological polar surface area (TPSA) is 92.7 Å². The van der Waals surface area contributed by atoms with Crippen LogP contribution < -0.4 is 10.9 Å². The van der Waals surface area contributed by atoms with Crippen LogP contribution in [0.2, 0.25) is 0 Å². The van der Waals surface area contributed by atoms with E-state index in [1.807, 2.05) is 66.0 Å². The van der Waals surface area contributed by atoms with Crippen LogP contribution in [0.3, 0.4) is 0 Å². The smallest absolute Gasteiger partial charge is 0.256 e. The van der Waals surface area contributed by atoms with E-state index in [1.165, 1.54) is 4.68 Å². The van der Waals surface area contributed by atoms with Gasteiger partial charge in [-0.2, -0.15) is 9.78 Å². The zero-order valence-corrected chi connectivity index (χ0v) is 20.2. The molecule has 3 aromatic heterocycles. The average molecular weight is 494 g/mol. The highest BCUT2D eigenvalue weighted by molar-refractivity contribution is 7.13. The number of anilines is 1. The molecule has 0 aliphatic heterocycles. The number of hydrogen-bond donors (Lipinski definition) is 2. The van der Waals surface area contributed by atoms with Gasteiger partial charge in [-0.05, 0) is 60.4 Å². The van der Waals surface area contributed by atoms with Crippen molar-refractivity contribution in [2.24, 2.45) is 0 Å². The number of aryl methyl sites for hydroxylation is 1. The molecule has 0 bridgehead atoms. The number of H-pyrrole nitrogens is 1. The first-order chi connectivity index (χ1) is 17.7. The molecule has 0 fully saturated rings. The zero-order valence-electron chi connectivity index (χ0n) is 19.4. The monoisotopic (exact) mass is 493 g/mol. The number of hydrogen-bond acceptors (Lipinski definition) is 5. The largest absolute Gasteiger partial charge is 0.306 e. The van der Waals surface area contributed by atoms with Crippen LogP contribution in [0.15, 0.2) is 83.0 Å². The molecule has 1 amide bonds. The summed E-state index contributed by atoms with van der Waals surface area (Å²) in [5.41, 5.74) is 4.75. The van der Waals surface area contributed by atoms with Crippen molar-refractivity contribution in [3.05, 3.63) is 105 Å². The minimum absolute atomic E-state index is 0.142. The maximum Gasteiger partial charge on any atom is 0.256 e. The van der Waals surface area contributed by atoms with Crippen molar-refractivity contribution in [2.75, 3.05) is 5.32 Å². The van der Waals surface area contributed by atoms with Crippen molar-refractivity contribution in [2.45, 2.75) is 25.7 Å². The number of nitrogens with one attached hydrogen (secondary N) is 2. The maximum absolute atomic E-state index is 13.2. The fraction of sp³-hybridized carbons (Fsp3) is 0.143. The summed E-state index contributed by atoms with van der Waals surface area (Å²) >= 11 is 1.55. The van der Waals surface area contributed by atoms with E-state index < -0.39 is 0 Å². The van der Waals surface area contributed by atoms with Gasteiger partial charge < -0.3 is 5.32 Å². The molecule has 178 valence electrons. The number of benzene rings is 2. The van der Waals surface area contributed by atoms with Crippen LogP contribution in [0.5, 0.6) is 0 Å². The van der Waals surface area contributed by atoms with Crippen molar-refractivity contribution in [1.82, 2.24) is 19.7 Å². The number of aromatic nitrogens is 4. The minimum atomic E-state index is -0.270. The van der Waals surface area contributed by atoms with Crippen LogP contribution in [0.25, 0.3) is 27.6 Å².